The average Bonchev–Trinajstić information content (AvgIpc) is 2.89. The molecule has 0 amide bonds. The number of fused-ring (bicyclic) bond motifs is 1. The first-order chi connectivity index (χ1) is 9.50. The first kappa shape index (κ1) is 13.6. The highest BCUT2D eigenvalue weighted by molar-refractivity contribution is 7.89. The van der Waals surface area contributed by atoms with Crippen LogP contribution in [0, 0.1) is 6.92 Å². The predicted molar refractivity (Wildman–Crippen MR) is 81.2 cm³/mol. The van der Waals surface area contributed by atoms with E-state index in [0.29, 0.717) is 29.2 Å². The summed E-state index contributed by atoms with van der Waals surface area (Å²) in [6, 6.07) is 7.05. The van der Waals surface area contributed by atoms with Crippen LogP contribution in [0.25, 0.3) is 0 Å². The third kappa shape index (κ3) is 2.13. The summed E-state index contributed by atoms with van der Waals surface area (Å²) in [5, 5.41) is 2.02. The molecule has 2 heterocycles. The molecule has 3 rings (SSSR count). The Balaban J connectivity index is 1.99. The fourth-order valence-corrected chi connectivity index (χ4v) is 5.04. The van der Waals surface area contributed by atoms with Gasteiger partial charge in [-0.05, 0) is 48.1 Å². The van der Waals surface area contributed by atoms with Crippen molar-refractivity contribution in [1.29, 1.82) is 0 Å². The molecular formula is C14H16N2O2S2. The van der Waals surface area contributed by atoms with Gasteiger partial charge in [0.1, 0.15) is 0 Å². The van der Waals surface area contributed by atoms with Gasteiger partial charge in [0.25, 0.3) is 0 Å². The zero-order chi connectivity index (χ0) is 14.3. The summed E-state index contributed by atoms with van der Waals surface area (Å²) in [7, 11) is -3.48. The second-order valence-electron chi connectivity index (χ2n) is 4.93. The van der Waals surface area contributed by atoms with Crippen LogP contribution in [0.15, 0.2) is 34.5 Å². The maximum atomic E-state index is 12.8. The summed E-state index contributed by atoms with van der Waals surface area (Å²) >= 11 is 1.70. The number of benzene rings is 1. The van der Waals surface area contributed by atoms with Crippen LogP contribution in [-0.2, 0) is 23.0 Å². The molecule has 0 saturated carbocycles. The van der Waals surface area contributed by atoms with Gasteiger partial charge >= 0.3 is 0 Å². The van der Waals surface area contributed by atoms with Crippen LogP contribution >= 0.6 is 11.3 Å². The fraction of sp³-hybridized carbons (Fsp3) is 0.286. The third-order valence-electron chi connectivity index (χ3n) is 3.72. The predicted octanol–water partition coefficient (Wildman–Crippen LogP) is 2.39. The van der Waals surface area contributed by atoms with Gasteiger partial charge in [0.15, 0.2) is 0 Å². The highest BCUT2D eigenvalue weighted by Crippen LogP contribution is 2.30. The molecule has 0 saturated heterocycles. The molecule has 1 aromatic heterocycles. The SMILES string of the molecule is Cc1c(N)cccc1S(=O)(=O)N1CCc2sccc2C1. The smallest absolute Gasteiger partial charge is 0.243 e. The van der Waals surface area contributed by atoms with E-state index in [1.807, 2.05) is 11.4 Å². The van der Waals surface area contributed by atoms with E-state index in [0.717, 1.165) is 12.0 Å². The molecule has 2 N–H and O–H groups in total. The molecule has 0 aliphatic carbocycles. The van der Waals surface area contributed by atoms with E-state index in [1.54, 1.807) is 40.8 Å². The topological polar surface area (TPSA) is 63.4 Å². The molecule has 0 fully saturated rings. The van der Waals surface area contributed by atoms with Gasteiger partial charge in [-0.2, -0.15) is 4.31 Å². The Morgan fingerprint density at radius 2 is 2.10 bits per heavy atom. The molecule has 0 bridgehead atoms. The van der Waals surface area contributed by atoms with Crippen LogP contribution in [0.1, 0.15) is 16.0 Å². The normalized spacial score (nSPS) is 16.1. The molecule has 1 aliphatic heterocycles. The number of nitrogen functional groups attached to an aromatic ring is 1. The number of rotatable bonds is 2. The third-order valence-corrected chi connectivity index (χ3v) is 6.73. The monoisotopic (exact) mass is 308 g/mol. The second kappa shape index (κ2) is 4.87. The zero-order valence-corrected chi connectivity index (χ0v) is 12.8. The zero-order valence-electron chi connectivity index (χ0n) is 11.2. The molecule has 0 unspecified atom stereocenters. The molecule has 20 heavy (non-hydrogen) atoms. The first-order valence-corrected chi connectivity index (χ1v) is 8.72. The van der Waals surface area contributed by atoms with Gasteiger partial charge in [0, 0.05) is 23.7 Å². The minimum Gasteiger partial charge on any atom is -0.398 e. The lowest BCUT2D eigenvalue weighted by Crippen LogP contribution is -2.35. The van der Waals surface area contributed by atoms with Crippen LogP contribution in [0.5, 0.6) is 0 Å². The molecular weight excluding hydrogens is 292 g/mol. The highest BCUT2D eigenvalue weighted by atomic mass is 32.2. The summed E-state index contributed by atoms with van der Waals surface area (Å²) in [5.74, 6) is 0. The van der Waals surface area contributed by atoms with Crippen molar-refractivity contribution in [2.75, 3.05) is 12.3 Å². The molecule has 0 atom stereocenters. The largest absolute Gasteiger partial charge is 0.398 e. The van der Waals surface area contributed by atoms with Crippen LogP contribution in [0.2, 0.25) is 0 Å². The molecule has 0 spiro atoms. The van der Waals surface area contributed by atoms with Crippen molar-refractivity contribution in [2.24, 2.45) is 0 Å². The Morgan fingerprint density at radius 1 is 1.30 bits per heavy atom. The van der Waals surface area contributed by atoms with E-state index in [4.69, 9.17) is 5.73 Å². The standard InChI is InChI=1S/C14H16N2O2S2/c1-10-12(15)3-2-4-14(10)20(17,18)16-7-5-13-11(9-16)6-8-19-13/h2-4,6,8H,5,7,9,15H2,1H3. The molecule has 2 aromatic rings. The van der Waals surface area contributed by atoms with E-state index in [9.17, 15) is 8.42 Å². The summed E-state index contributed by atoms with van der Waals surface area (Å²) < 4.78 is 27.1. The maximum Gasteiger partial charge on any atom is 0.243 e. The Labute approximate surface area is 122 Å². The highest BCUT2D eigenvalue weighted by Gasteiger charge is 2.30. The minimum atomic E-state index is -3.48. The molecule has 6 heteroatoms. The van der Waals surface area contributed by atoms with Gasteiger partial charge in [0.05, 0.1) is 4.90 Å². The number of thiophene rings is 1. The fourth-order valence-electron chi connectivity index (χ4n) is 2.48. The lowest BCUT2D eigenvalue weighted by atomic mass is 10.1. The first-order valence-electron chi connectivity index (χ1n) is 6.40. The van der Waals surface area contributed by atoms with E-state index >= 15 is 0 Å². The summed E-state index contributed by atoms with van der Waals surface area (Å²) in [6.45, 7) is 2.74. The van der Waals surface area contributed by atoms with Crippen LogP contribution in [0.3, 0.4) is 0 Å². The molecule has 1 aliphatic rings. The quantitative estimate of drug-likeness (QED) is 0.866. The molecule has 0 radical (unpaired) electrons. The lowest BCUT2D eigenvalue weighted by molar-refractivity contribution is 0.394. The minimum absolute atomic E-state index is 0.316. The van der Waals surface area contributed by atoms with Crippen molar-refractivity contribution >= 4 is 27.0 Å². The van der Waals surface area contributed by atoms with Crippen LogP contribution < -0.4 is 5.73 Å². The van der Waals surface area contributed by atoms with Crippen molar-refractivity contribution in [3.05, 3.63) is 45.6 Å². The van der Waals surface area contributed by atoms with Crippen molar-refractivity contribution in [1.82, 2.24) is 4.31 Å². The van der Waals surface area contributed by atoms with E-state index in [1.165, 1.54) is 4.88 Å². The summed E-state index contributed by atoms with van der Waals surface area (Å²) in [4.78, 5) is 1.61. The van der Waals surface area contributed by atoms with Crippen molar-refractivity contribution in [3.8, 4) is 0 Å². The van der Waals surface area contributed by atoms with Crippen LogP contribution in [-0.4, -0.2) is 19.3 Å². The van der Waals surface area contributed by atoms with Gasteiger partial charge < -0.3 is 5.73 Å². The van der Waals surface area contributed by atoms with Crippen molar-refractivity contribution in [3.63, 3.8) is 0 Å². The summed E-state index contributed by atoms with van der Waals surface area (Å²) in [5.41, 5.74) is 8.08. The second-order valence-corrected chi connectivity index (χ2v) is 7.84. The average molecular weight is 308 g/mol. The van der Waals surface area contributed by atoms with Gasteiger partial charge in [0.2, 0.25) is 10.0 Å². The Kier molecular flexibility index (Phi) is 3.32. The number of hydrogen-bond acceptors (Lipinski definition) is 4. The molecule has 106 valence electrons. The van der Waals surface area contributed by atoms with Gasteiger partial charge in [-0.3, -0.25) is 0 Å². The lowest BCUT2D eigenvalue weighted by Gasteiger charge is -2.27. The van der Waals surface area contributed by atoms with Crippen molar-refractivity contribution in [2.45, 2.75) is 24.8 Å². The Morgan fingerprint density at radius 3 is 2.90 bits per heavy atom. The van der Waals surface area contributed by atoms with Gasteiger partial charge in [-0.25, -0.2) is 8.42 Å². The summed E-state index contributed by atoms with van der Waals surface area (Å²) in [6.07, 6.45) is 0.785. The van der Waals surface area contributed by atoms with Gasteiger partial charge in [-0.1, -0.05) is 6.07 Å². The van der Waals surface area contributed by atoms with Crippen molar-refractivity contribution < 1.29 is 8.42 Å². The van der Waals surface area contributed by atoms with E-state index in [-0.39, 0.29) is 0 Å². The maximum absolute atomic E-state index is 12.8. The number of nitrogens with two attached hydrogens (primary N) is 1. The van der Waals surface area contributed by atoms with E-state index in [2.05, 4.69) is 0 Å². The van der Waals surface area contributed by atoms with Gasteiger partial charge in [-0.15, -0.1) is 11.3 Å². The Hall–Kier alpha value is -1.37. The van der Waals surface area contributed by atoms with E-state index < -0.39 is 10.0 Å². The number of sulfonamides is 1. The number of nitrogens with zero attached hydrogens (tertiary/aromatic N) is 1. The number of anilines is 1. The van der Waals surface area contributed by atoms with Crippen LogP contribution in [0.4, 0.5) is 5.69 Å². The molecule has 4 nitrogen and oxygen atoms in total. The molecule has 1 aromatic carbocycles. The number of hydrogen-bond donors (Lipinski definition) is 1. The Bertz CT molecular complexity index is 750.